The number of rotatable bonds is 7. The van der Waals surface area contributed by atoms with Crippen molar-refractivity contribution in [3.8, 4) is 22.5 Å². The topological polar surface area (TPSA) is 114 Å². The van der Waals surface area contributed by atoms with E-state index in [2.05, 4.69) is 20.5 Å². The predicted octanol–water partition coefficient (Wildman–Crippen LogP) is 2.97. The molecule has 2 aromatic carbocycles. The van der Waals surface area contributed by atoms with Gasteiger partial charge < -0.3 is 11.1 Å². The first-order valence-corrected chi connectivity index (χ1v) is 9.82. The van der Waals surface area contributed by atoms with Crippen molar-refractivity contribution in [3.63, 3.8) is 0 Å². The number of carbonyl (C=O) groups is 2. The van der Waals surface area contributed by atoms with Gasteiger partial charge in [-0.15, -0.1) is 0 Å². The van der Waals surface area contributed by atoms with Crippen molar-refractivity contribution in [2.24, 2.45) is 5.73 Å². The fraction of sp³-hybridized carbons (Fsp3) is 0.0833. The molecule has 7 nitrogen and oxygen atoms in total. The summed E-state index contributed by atoms with van der Waals surface area (Å²) in [5, 5.41) is 10.1. The molecule has 0 saturated heterocycles. The number of pyridine rings is 1. The number of aromatic amines is 1. The van der Waals surface area contributed by atoms with Crippen LogP contribution in [0.5, 0.6) is 0 Å². The van der Waals surface area contributed by atoms with Crippen molar-refractivity contribution < 1.29 is 9.59 Å². The second-order valence-corrected chi connectivity index (χ2v) is 7.03. The van der Waals surface area contributed by atoms with Gasteiger partial charge in [0.1, 0.15) is 6.04 Å². The molecule has 1 atom stereocenters. The number of nitrogens with two attached hydrogens (primary N) is 1. The molecule has 0 radical (unpaired) electrons. The minimum Gasteiger partial charge on any atom is -0.368 e. The van der Waals surface area contributed by atoms with E-state index in [9.17, 15) is 9.59 Å². The van der Waals surface area contributed by atoms with Crippen LogP contribution in [0.15, 0.2) is 85.1 Å². The van der Waals surface area contributed by atoms with E-state index < -0.39 is 17.9 Å². The van der Waals surface area contributed by atoms with Crippen LogP contribution in [-0.2, 0) is 11.2 Å². The number of hydrogen-bond acceptors (Lipinski definition) is 4. The molecule has 2 aromatic heterocycles. The van der Waals surface area contributed by atoms with Gasteiger partial charge in [0.15, 0.2) is 0 Å². The summed E-state index contributed by atoms with van der Waals surface area (Å²) in [6.45, 7) is 0. The van der Waals surface area contributed by atoms with E-state index in [0.29, 0.717) is 22.5 Å². The summed E-state index contributed by atoms with van der Waals surface area (Å²) in [7, 11) is 0. The second-order valence-electron chi connectivity index (χ2n) is 7.03. The number of nitrogens with zero attached hydrogens (tertiary/aromatic N) is 2. The Kier molecular flexibility index (Phi) is 5.84. The zero-order chi connectivity index (χ0) is 21.6. The lowest BCUT2D eigenvalue weighted by Gasteiger charge is -2.16. The van der Waals surface area contributed by atoms with Crippen LogP contribution < -0.4 is 11.1 Å². The molecule has 0 fully saturated rings. The van der Waals surface area contributed by atoms with Gasteiger partial charge in [-0.05, 0) is 29.8 Å². The number of nitrogens with one attached hydrogen (secondary N) is 2. The van der Waals surface area contributed by atoms with Gasteiger partial charge in [-0.25, -0.2) is 0 Å². The maximum atomic E-state index is 13.0. The number of primary amides is 1. The molecule has 0 aliphatic rings. The molecule has 154 valence electrons. The minimum atomic E-state index is -0.880. The average molecular weight is 411 g/mol. The zero-order valence-electron chi connectivity index (χ0n) is 16.7. The summed E-state index contributed by atoms with van der Waals surface area (Å²) in [5.41, 5.74) is 9.72. The van der Waals surface area contributed by atoms with E-state index >= 15 is 0 Å². The molecule has 0 spiro atoms. The summed E-state index contributed by atoms with van der Waals surface area (Å²) in [6.07, 6.45) is 1.84. The lowest BCUT2D eigenvalue weighted by Crippen LogP contribution is -2.46. The number of hydrogen-bond donors (Lipinski definition) is 3. The molecular formula is C24H21N5O2. The lowest BCUT2D eigenvalue weighted by molar-refractivity contribution is -0.119. The molecule has 0 aliphatic carbocycles. The summed E-state index contributed by atoms with van der Waals surface area (Å²) in [5.74, 6) is -1.03. The predicted molar refractivity (Wildman–Crippen MR) is 118 cm³/mol. The Balaban J connectivity index is 1.58. The van der Waals surface area contributed by atoms with Gasteiger partial charge in [0, 0.05) is 29.4 Å². The van der Waals surface area contributed by atoms with Crippen LogP contribution in [0.3, 0.4) is 0 Å². The van der Waals surface area contributed by atoms with Gasteiger partial charge in [0.25, 0.3) is 5.91 Å². The SMILES string of the molecule is NC(=O)[C@H](Cc1ccccn1)NC(=O)c1ccccc1-c1cc(-c2ccccc2)[nH]n1. The van der Waals surface area contributed by atoms with E-state index in [-0.39, 0.29) is 6.42 Å². The first-order valence-electron chi connectivity index (χ1n) is 9.82. The summed E-state index contributed by atoms with van der Waals surface area (Å²) in [4.78, 5) is 29.2. The van der Waals surface area contributed by atoms with Crippen LogP contribution in [0, 0.1) is 0 Å². The maximum Gasteiger partial charge on any atom is 0.252 e. The fourth-order valence-electron chi connectivity index (χ4n) is 3.32. The molecule has 4 aromatic rings. The summed E-state index contributed by atoms with van der Waals surface area (Å²) in [6, 6.07) is 23.3. The van der Waals surface area contributed by atoms with Gasteiger partial charge in [0.05, 0.1) is 11.4 Å². The molecule has 7 heteroatoms. The van der Waals surface area contributed by atoms with Crippen LogP contribution in [0.2, 0.25) is 0 Å². The normalized spacial score (nSPS) is 11.6. The largest absolute Gasteiger partial charge is 0.368 e. The van der Waals surface area contributed by atoms with Crippen molar-refractivity contribution >= 4 is 11.8 Å². The second kappa shape index (κ2) is 9.04. The van der Waals surface area contributed by atoms with E-state index in [1.807, 2.05) is 54.6 Å². The quantitative estimate of drug-likeness (QED) is 0.434. The van der Waals surface area contributed by atoms with E-state index in [4.69, 9.17) is 5.73 Å². The monoisotopic (exact) mass is 411 g/mol. The highest BCUT2D eigenvalue weighted by molar-refractivity contribution is 6.02. The van der Waals surface area contributed by atoms with Gasteiger partial charge in [-0.3, -0.25) is 19.7 Å². The first-order chi connectivity index (χ1) is 15.1. The maximum absolute atomic E-state index is 13.0. The molecule has 2 heterocycles. The highest BCUT2D eigenvalue weighted by Crippen LogP contribution is 2.26. The zero-order valence-corrected chi connectivity index (χ0v) is 16.7. The third-order valence-corrected chi connectivity index (χ3v) is 4.90. The Morgan fingerprint density at radius 3 is 2.45 bits per heavy atom. The van der Waals surface area contributed by atoms with Crippen molar-refractivity contribution in [2.45, 2.75) is 12.5 Å². The number of benzene rings is 2. The first kappa shape index (κ1) is 20.0. The minimum absolute atomic E-state index is 0.213. The Labute approximate surface area is 179 Å². The average Bonchev–Trinajstić information content (AvgIpc) is 3.30. The fourth-order valence-corrected chi connectivity index (χ4v) is 3.32. The van der Waals surface area contributed by atoms with Gasteiger partial charge in [0.2, 0.25) is 5.91 Å². The van der Waals surface area contributed by atoms with E-state index in [1.165, 1.54) is 0 Å². The van der Waals surface area contributed by atoms with Crippen LogP contribution in [0.1, 0.15) is 16.1 Å². The van der Waals surface area contributed by atoms with E-state index in [0.717, 1.165) is 11.3 Å². The lowest BCUT2D eigenvalue weighted by atomic mass is 10.0. The Morgan fingerprint density at radius 2 is 1.71 bits per heavy atom. The third kappa shape index (κ3) is 4.67. The standard InChI is InChI=1S/C24H21N5O2/c25-23(30)22(14-17-10-6-7-13-26-17)27-24(31)19-12-5-4-11-18(19)21-15-20(28-29-21)16-8-2-1-3-9-16/h1-13,15,22H,14H2,(H2,25,30)(H,27,31)(H,28,29)/t22-/m0/s1. The molecular weight excluding hydrogens is 390 g/mol. The van der Waals surface area contributed by atoms with Gasteiger partial charge in [-0.2, -0.15) is 5.10 Å². The Bertz CT molecular complexity index is 1190. The van der Waals surface area contributed by atoms with Crippen molar-refractivity contribution in [1.29, 1.82) is 0 Å². The molecule has 2 amide bonds. The number of H-pyrrole nitrogens is 1. The molecule has 0 bridgehead atoms. The van der Waals surface area contributed by atoms with Crippen LogP contribution in [-0.4, -0.2) is 33.0 Å². The number of carbonyl (C=O) groups excluding carboxylic acids is 2. The number of aromatic nitrogens is 3. The highest BCUT2D eigenvalue weighted by atomic mass is 16.2. The van der Waals surface area contributed by atoms with Gasteiger partial charge >= 0.3 is 0 Å². The Hall–Kier alpha value is -4.26. The number of amides is 2. The molecule has 4 rings (SSSR count). The molecule has 31 heavy (non-hydrogen) atoms. The van der Waals surface area contributed by atoms with Crippen molar-refractivity contribution in [3.05, 3.63) is 96.3 Å². The highest BCUT2D eigenvalue weighted by Gasteiger charge is 2.22. The van der Waals surface area contributed by atoms with Crippen molar-refractivity contribution in [2.75, 3.05) is 0 Å². The summed E-state index contributed by atoms with van der Waals surface area (Å²) >= 11 is 0. The van der Waals surface area contributed by atoms with Crippen LogP contribution in [0.4, 0.5) is 0 Å². The molecule has 0 unspecified atom stereocenters. The van der Waals surface area contributed by atoms with Gasteiger partial charge in [-0.1, -0.05) is 54.6 Å². The van der Waals surface area contributed by atoms with E-state index in [1.54, 1.807) is 30.5 Å². The summed E-state index contributed by atoms with van der Waals surface area (Å²) < 4.78 is 0. The van der Waals surface area contributed by atoms with Crippen molar-refractivity contribution in [1.82, 2.24) is 20.5 Å². The molecule has 0 saturated carbocycles. The molecule has 4 N–H and O–H groups in total. The third-order valence-electron chi connectivity index (χ3n) is 4.90. The Morgan fingerprint density at radius 1 is 0.968 bits per heavy atom. The molecule has 0 aliphatic heterocycles. The van der Waals surface area contributed by atoms with Crippen LogP contribution in [0.25, 0.3) is 22.5 Å². The smallest absolute Gasteiger partial charge is 0.252 e. The van der Waals surface area contributed by atoms with Crippen LogP contribution >= 0.6 is 0 Å².